The van der Waals surface area contributed by atoms with Gasteiger partial charge >= 0.3 is 0 Å². The molecule has 0 aromatic carbocycles. The Hall–Kier alpha value is -2.02. The lowest BCUT2D eigenvalue weighted by atomic mass is 9.82. The Bertz CT molecular complexity index is 640. The van der Waals surface area contributed by atoms with Crippen LogP contribution in [0.3, 0.4) is 0 Å². The highest BCUT2D eigenvalue weighted by Crippen LogP contribution is 2.24. The second-order valence-electron chi connectivity index (χ2n) is 6.71. The molecule has 1 aromatic rings. The molecule has 0 spiro atoms. The van der Waals surface area contributed by atoms with Gasteiger partial charge in [0.15, 0.2) is 5.05 Å². The van der Waals surface area contributed by atoms with Gasteiger partial charge in [-0.15, -0.1) is 0 Å². The zero-order valence-electron chi connectivity index (χ0n) is 14.5. The fraction of sp³-hybridized carbons (Fsp3) is 0.556. The van der Waals surface area contributed by atoms with Gasteiger partial charge < -0.3 is 15.0 Å². The second kappa shape index (κ2) is 8.89. The van der Waals surface area contributed by atoms with Crippen LogP contribution in [0, 0.1) is 17.8 Å². The molecule has 2 N–H and O–H groups in total. The van der Waals surface area contributed by atoms with Crippen molar-refractivity contribution in [3.63, 3.8) is 0 Å². The predicted octanol–water partition coefficient (Wildman–Crippen LogP) is 2.19. The Kier molecular flexibility index (Phi) is 6.87. The Morgan fingerprint density at radius 3 is 2.80 bits per heavy atom. The molecule has 1 fully saturated rings. The molecule has 1 amide bonds. The number of aromatic amines is 1. The SMILES string of the molecule is CC(C)C(CC(=S)OCc1cc[nH]c1)C(=O)CC1CCNC(=O)C1=O. The van der Waals surface area contributed by atoms with Crippen LogP contribution in [0.1, 0.15) is 38.7 Å². The highest BCUT2D eigenvalue weighted by molar-refractivity contribution is 7.80. The maximum absolute atomic E-state index is 12.7. The highest BCUT2D eigenvalue weighted by Gasteiger charge is 2.34. The summed E-state index contributed by atoms with van der Waals surface area (Å²) < 4.78 is 5.57. The van der Waals surface area contributed by atoms with Crippen LogP contribution in [-0.4, -0.2) is 34.1 Å². The molecule has 2 heterocycles. The molecule has 0 bridgehead atoms. The summed E-state index contributed by atoms with van der Waals surface area (Å²) in [5.74, 6) is -1.86. The number of hydrogen-bond donors (Lipinski definition) is 2. The molecule has 0 aliphatic carbocycles. The van der Waals surface area contributed by atoms with E-state index in [-0.39, 0.29) is 24.0 Å². The number of ketones is 2. The summed E-state index contributed by atoms with van der Waals surface area (Å²) in [6, 6.07) is 1.90. The molecule has 25 heavy (non-hydrogen) atoms. The monoisotopic (exact) mass is 364 g/mol. The van der Waals surface area contributed by atoms with Crippen LogP contribution in [0.5, 0.6) is 0 Å². The van der Waals surface area contributed by atoms with E-state index < -0.39 is 17.6 Å². The first kappa shape index (κ1) is 19.3. The van der Waals surface area contributed by atoms with E-state index >= 15 is 0 Å². The van der Waals surface area contributed by atoms with Gasteiger partial charge in [-0.05, 0) is 30.6 Å². The van der Waals surface area contributed by atoms with Crippen molar-refractivity contribution in [2.45, 2.75) is 39.7 Å². The normalized spacial score (nSPS) is 18.8. The number of amides is 1. The Morgan fingerprint density at radius 2 is 2.16 bits per heavy atom. The van der Waals surface area contributed by atoms with Gasteiger partial charge in [-0.2, -0.15) is 0 Å². The quantitative estimate of drug-likeness (QED) is 0.545. The van der Waals surface area contributed by atoms with Crippen molar-refractivity contribution in [2.24, 2.45) is 17.8 Å². The zero-order valence-corrected chi connectivity index (χ0v) is 15.4. The third-order valence-electron chi connectivity index (χ3n) is 4.49. The van der Waals surface area contributed by atoms with E-state index in [0.29, 0.717) is 31.0 Å². The number of ether oxygens (including phenoxy) is 1. The lowest BCUT2D eigenvalue weighted by Crippen LogP contribution is -2.43. The lowest BCUT2D eigenvalue weighted by Gasteiger charge is -2.24. The topological polar surface area (TPSA) is 88.3 Å². The number of nitrogens with one attached hydrogen (secondary N) is 2. The average molecular weight is 364 g/mol. The number of thiocarbonyl (C=S) groups is 1. The summed E-state index contributed by atoms with van der Waals surface area (Å²) in [5.41, 5.74) is 0.980. The smallest absolute Gasteiger partial charge is 0.287 e. The largest absolute Gasteiger partial charge is 0.482 e. The Balaban J connectivity index is 1.90. The molecule has 6 nitrogen and oxygen atoms in total. The number of carbonyl (C=O) groups is 3. The molecular formula is C18H24N2O4S. The number of piperidine rings is 1. The number of aromatic nitrogens is 1. The average Bonchev–Trinajstić information content (AvgIpc) is 3.08. The fourth-order valence-electron chi connectivity index (χ4n) is 2.92. The molecule has 7 heteroatoms. The van der Waals surface area contributed by atoms with E-state index in [1.807, 2.05) is 26.1 Å². The molecule has 2 atom stereocenters. The summed E-state index contributed by atoms with van der Waals surface area (Å²) in [7, 11) is 0. The summed E-state index contributed by atoms with van der Waals surface area (Å²) in [5, 5.41) is 2.90. The van der Waals surface area contributed by atoms with E-state index in [0.717, 1.165) is 5.56 Å². The minimum absolute atomic E-state index is 0.0318. The Labute approximate surface area is 152 Å². The van der Waals surface area contributed by atoms with Crippen molar-refractivity contribution in [1.82, 2.24) is 10.3 Å². The molecule has 0 saturated carbocycles. The number of rotatable bonds is 8. The van der Waals surface area contributed by atoms with E-state index in [1.165, 1.54) is 0 Å². The van der Waals surface area contributed by atoms with Gasteiger partial charge in [-0.3, -0.25) is 14.4 Å². The first-order valence-electron chi connectivity index (χ1n) is 8.50. The van der Waals surface area contributed by atoms with E-state index in [4.69, 9.17) is 17.0 Å². The molecule has 2 rings (SSSR count). The van der Waals surface area contributed by atoms with Crippen molar-refractivity contribution < 1.29 is 19.1 Å². The summed E-state index contributed by atoms with van der Waals surface area (Å²) in [6.07, 6.45) is 4.58. The Morgan fingerprint density at radius 1 is 1.40 bits per heavy atom. The van der Waals surface area contributed by atoms with Crippen LogP contribution in [-0.2, 0) is 25.7 Å². The number of Topliss-reactive ketones (excluding diaryl/α,β-unsaturated/α-hetero) is 2. The molecule has 1 aliphatic heterocycles. The van der Waals surface area contributed by atoms with Crippen LogP contribution < -0.4 is 5.32 Å². The maximum Gasteiger partial charge on any atom is 0.287 e. The maximum atomic E-state index is 12.7. The molecule has 1 aromatic heterocycles. The molecule has 1 saturated heterocycles. The van der Waals surface area contributed by atoms with Gasteiger partial charge in [0.2, 0.25) is 5.78 Å². The number of hydrogen-bond acceptors (Lipinski definition) is 5. The summed E-state index contributed by atoms with van der Waals surface area (Å²) in [4.78, 5) is 39.0. The second-order valence-corrected chi connectivity index (χ2v) is 7.17. The van der Waals surface area contributed by atoms with Crippen LogP contribution in [0.2, 0.25) is 0 Å². The van der Waals surface area contributed by atoms with Gasteiger partial charge in [-0.1, -0.05) is 13.8 Å². The van der Waals surface area contributed by atoms with Crippen molar-refractivity contribution >= 4 is 34.7 Å². The van der Waals surface area contributed by atoms with Gasteiger partial charge in [0.05, 0.1) is 0 Å². The van der Waals surface area contributed by atoms with Crippen LogP contribution in [0.4, 0.5) is 0 Å². The van der Waals surface area contributed by atoms with E-state index in [2.05, 4.69) is 10.3 Å². The van der Waals surface area contributed by atoms with Crippen molar-refractivity contribution in [1.29, 1.82) is 0 Å². The van der Waals surface area contributed by atoms with Gasteiger partial charge in [0.25, 0.3) is 5.91 Å². The predicted molar refractivity (Wildman–Crippen MR) is 96.9 cm³/mol. The molecule has 0 radical (unpaired) electrons. The van der Waals surface area contributed by atoms with Gasteiger partial charge in [0.1, 0.15) is 12.4 Å². The number of carbonyl (C=O) groups excluding carboxylic acids is 3. The third-order valence-corrected chi connectivity index (χ3v) is 4.77. The first-order valence-corrected chi connectivity index (χ1v) is 8.91. The highest BCUT2D eigenvalue weighted by atomic mass is 32.1. The van der Waals surface area contributed by atoms with Crippen molar-refractivity contribution in [3.05, 3.63) is 24.0 Å². The minimum atomic E-state index is -0.587. The number of H-pyrrole nitrogens is 1. The molecule has 2 unspecified atom stereocenters. The van der Waals surface area contributed by atoms with Crippen molar-refractivity contribution in [2.75, 3.05) is 6.54 Å². The van der Waals surface area contributed by atoms with E-state index in [1.54, 1.807) is 6.20 Å². The first-order chi connectivity index (χ1) is 11.9. The van der Waals surface area contributed by atoms with Gasteiger partial charge in [0, 0.05) is 49.2 Å². The molecule has 136 valence electrons. The van der Waals surface area contributed by atoms with Crippen molar-refractivity contribution in [3.8, 4) is 0 Å². The lowest BCUT2D eigenvalue weighted by molar-refractivity contribution is -0.143. The van der Waals surface area contributed by atoms with Crippen LogP contribution >= 0.6 is 12.2 Å². The minimum Gasteiger partial charge on any atom is -0.482 e. The summed E-state index contributed by atoms with van der Waals surface area (Å²) >= 11 is 5.27. The zero-order chi connectivity index (χ0) is 18.4. The van der Waals surface area contributed by atoms with E-state index in [9.17, 15) is 14.4 Å². The third kappa shape index (κ3) is 5.49. The van der Waals surface area contributed by atoms with Crippen LogP contribution in [0.25, 0.3) is 0 Å². The fourth-order valence-corrected chi connectivity index (χ4v) is 3.16. The van der Waals surface area contributed by atoms with Gasteiger partial charge in [-0.25, -0.2) is 0 Å². The van der Waals surface area contributed by atoms with Crippen LogP contribution in [0.15, 0.2) is 18.5 Å². The molecule has 1 aliphatic rings. The standard InChI is InChI=1S/C18H24N2O4S/c1-11(2)14(8-16(25)24-10-12-3-5-19-9-12)15(21)7-13-4-6-20-18(23)17(13)22/h3,5,9,11,13-14,19H,4,6-8,10H2,1-2H3,(H,20,23). The molecular weight excluding hydrogens is 340 g/mol. The summed E-state index contributed by atoms with van der Waals surface area (Å²) in [6.45, 7) is 4.70.